The van der Waals surface area contributed by atoms with E-state index in [1.165, 1.54) is 6.42 Å². The third-order valence-electron chi connectivity index (χ3n) is 1.33. The fraction of sp³-hybridized carbons (Fsp3) is 0.300. The normalized spacial score (nSPS) is 10.8. The SMILES string of the molecule is CCCC=CSc1c[c]cnc1. The molecule has 63 valence electrons. The number of nitrogens with zero attached hydrogens (tertiary/aromatic N) is 1. The van der Waals surface area contributed by atoms with E-state index in [4.69, 9.17) is 0 Å². The second-order valence-electron chi connectivity index (χ2n) is 2.40. The van der Waals surface area contributed by atoms with Gasteiger partial charge in [-0.3, -0.25) is 4.98 Å². The van der Waals surface area contributed by atoms with Gasteiger partial charge < -0.3 is 0 Å². The van der Waals surface area contributed by atoms with Crippen LogP contribution in [0, 0.1) is 6.07 Å². The summed E-state index contributed by atoms with van der Waals surface area (Å²) in [5.41, 5.74) is 0. The Morgan fingerprint density at radius 2 is 2.58 bits per heavy atom. The number of unbranched alkanes of at least 4 members (excludes halogenated alkanes) is 1. The van der Waals surface area contributed by atoms with Gasteiger partial charge in [-0.15, -0.1) is 0 Å². The van der Waals surface area contributed by atoms with Gasteiger partial charge in [-0.05, 0) is 17.9 Å². The van der Waals surface area contributed by atoms with Crippen LogP contribution >= 0.6 is 11.8 Å². The number of aromatic nitrogens is 1. The van der Waals surface area contributed by atoms with E-state index >= 15 is 0 Å². The third-order valence-corrected chi connectivity index (χ3v) is 2.16. The van der Waals surface area contributed by atoms with Crippen LogP contribution in [-0.4, -0.2) is 4.98 Å². The Morgan fingerprint density at radius 1 is 1.67 bits per heavy atom. The van der Waals surface area contributed by atoms with Gasteiger partial charge >= 0.3 is 0 Å². The summed E-state index contributed by atoms with van der Waals surface area (Å²) in [5.74, 6) is 0. The largest absolute Gasteiger partial charge is 0.263 e. The topological polar surface area (TPSA) is 12.9 Å². The molecule has 1 aromatic heterocycles. The van der Waals surface area contributed by atoms with Gasteiger partial charge in [0.1, 0.15) is 0 Å². The molecular formula is C10H12NS. The molecular weight excluding hydrogens is 166 g/mol. The van der Waals surface area contributed by atoms with E-state index in [0.717, 1.165) is 11.3 Å². The van der Waals surface area contributed by atoms with E-state index in [1.807, 2.05) is 12.3 Å². The van der Waals surface area contributed by atoms with Crippen LogP contribution in [0.4, 0.5) is 0 Å². The third kappa shape index (κ3) is 3.58. The standard InChI is InChI=1S/C10H12NS/c1-2-3-4-8-12-10-6-5-7-11-9-10/h4,6-9H,2-3H2,1H3. The summed E-state index contributed by atoms with van der Waals surface area (Å²) in [4.78, 5) is 5.12. The second kappa shape index (κ2) is 5.84. The average Bonchev–Trinajstić information content (AvgIpc) is 2.14. The minimum absolute atomic E-state index is 1.14. The van der Waals surface area contributed by atoms with E-state index in [9.17, 15) is 0 Å². The summed E-state index contributed by atoms with van der Waals surface area (Å²) in [5, 5.41) is 2.11. The zero-order valence-electron chi connectivity index (χ0n) is 7.16. The molecule has 0 aliphatic heterocycles. The maximum absolute atomic E-state index is 3.97. The van der Waals surface area contributed by atoms with E-state index in [2.05, 4.69) is 29.5 Å². The van der Waals surface area contributed by atoms with Crippen molar-refractivity contribution in [1.29, 1.82) is 0 Å². The zero-order chi connectivity index (χ0) is 8.65. The first-order valence-corrected chi connectivity index (χ1v) is 4.94. The fourth-order valence-corrected chi connectivity index (χ4v) is 1.38. The molecule has 0 atom stereocenters. The summed E-state index contributed by atoms with van der Waals surface area (Å²) in [6.45, 7) is 2.17. The first-order valence-electron chi connectivity index (χ1n) is 4.06. The average molecular weight is 178 g/mol. The smallest absolute Gasteiger partial charge is 0.0407 e. The molecule has 0 unspecified atom stereocenters. The lowest BCUT2D eigenvalue weighted by molar-refractivity contribution is 0.960. The molecule has 12 heavy (non-hydrogen) atoms. The van der Waals surface area contributed by atoms with Crippen LogP contribution in [0.25, 0.3) is 0 Å². The summed E-state index contributed by atoms with van der Waals surface area (Å²) >= 11 is 1.69. The quantitative estimate of drug-likeness (QED) is 0.656. The minimum atomic E-state index is 1.14. The van der Waals surface area contributed by atoms with E-state index in [0.29, 0.717) is 0 Å². The van der Waals surface area contributed by atoms with Crippen LogP contribution in [0.1, 0.15) is 19.8 Å². The van der Waals surface area contributed by atoms with Crippen LogP contribution < -0.4 is 0 Å². The zero-order valence-corrected chi connectivity index (χ0v) is 7.97. The van der Waals surface area contributed by atoms with Crippen molar-refractivity contribution >= 4 is 11.8 Å². The molecule has 0 saturated carbocycles. The van der Waals surface area contributed by atoms with E-state index in [1.54, 1.807) is 18.0 Å². The predicted octanol–water partition coefficient (Wildman–Crippen LogP) is 3.29. The van der Waals surface area contributed by atoms with Gasteiger partial charge in [0.05, 0.1) is 0 Å². The Balaban J connectivity index is 2.33. The Bertz CT molecular complexity index is 231. The number of thioether (sulfide) groups is 1. The minimum Gasteiger partial charge on any atom is -0.263 e. The summed E-state index contributed by atoms with van der Waals surface area (Å²) < 4.78 is 0. The van der Waals surface area contributed by atoms with Crippen LogP contribution in [0.3, 0.4) is 0 Å². The maximum Gasteiger partial charge on any atom is 0.0407 e. The van der Waals surface area contributed by atoms with Crippen molar-refractivity contribution in [2.45, 2.75) is 24.7 Å². The number of hydrogen-bond donors (Lipinski definition) is 0. The molecule has 1 radical (unpaired) electrons. The monoisotopic (exact) mass is 178 g/mol. The molecule has 1 nitrogen and oxygen atoms in total. The van der Waals surface area contributed by atoms with Gasteiger partial charge in [0.25, 0.3) is 0 Å². The Kier molecular flexibility index (Phi) is 4.54. The van der Waals surface area contributed by atoms with Crippen LogP contribution in [-0.2, 0) is 0 Å². The van der Waals surface area contributed by atoms with Crippen molar-refractivity contribution < 1.29 is 0 Å². The van der Waals surface area contributed by atoms with Crippen molar-refractivity contribution in [2.75, 3.05) is 0 Å². The van der Waals surface area contributed by atoms with Gasteiger partial charge in [0.15, 0.2) is 0 Å². The molecule has 2 heteroatoms. The molecule has 0 N–H and O–H groups in total. The number of rotatable bonds is 4. The molecule has 1 aromatic rings. The highest BCUT2D eigenvalue weighted by Crippen LogP contribution is 2.16. The van der Waals surface area contributed by atoms with Gasteiger partial charge in [-0.2, -0.15) is 0 Å². The highest BCUT2D eigenvalue weighted by molar-refractivity contribution is 8.02. The fourth-order valence-electron chi connectivity index (χ4n) is 0.736. The number of allylic oxidation sites excluding steroid dienone is 1. The molecule has 0 fully saturated rings. The molecule has 0 spiro atoms. The Labute approximate surface area is 77.9 Å². The van der Waals surface area contributed by atoms with Crippen LogP contribution in [0.15, 0.2) is 34.8 Å². The van der Waals surface area contributed by atoms with Crippen molar-refractivity contribution in [1.82, 2.24) is 4.98 Å². The highest BCUT2D eigenvalue weighted by atomic mass is 32.2. The maximum atomic E-state index is 3.97. The Hall–Kier alpha value is -0.760. The van der Waals surface area contributed by atoms with Crippen LogP contribution in [0.2, 0.25) is 0 Å². The predicted molar refractivity (Wildman–Crippen MR) is 53.0 cm³/mol. The van der Waals surface area contributed by atoms with Crippen molar-refractivity contribution in [2.24, 2.45) is 0 Å². The second-order valence-corrected chi connectivity index (χ2v) is 3.38. The molecule has 0 amide bonds. The van der Waals surface area contributed by atoms with Gasteiger partial charge in [0, 0.05) is 23.4 Å². The molecule has 0 aliphatic carbocycles. The van der Waals surface area contributed by atoms with E-state index < -0.39 is 0 Å². The van der Waals surface area contributed by atoms with Crippen molar-refractivity contribution in [3.63, 3.8) is 0 Å². The molecule has 0 saturated heterocycles. The summed E-state index contributed by atoms with van der Waals surface area (Å²) in [7, 11) is 0. The van der Waals surface area contributed by atoms with Gasteiger partial charge in [-0.1, -0.05) is 31.2 Å². The molecule has 1 heterocycles. The molecule has 0 bridgehead atoms. The lowest BCUT2D eigenvalue weighted by atomic mass is 10.3. The molecule has 0 aliphatic rings. The first kappa shape index (κ1) is 9.33. The van der Waals surface area contributed by atoms with Crippen molar-refractivity contribution in [3.05, 3.63) is 36.0 Å². The first-order chi connectivity index (χ1) is 5.93. The van der Waals surface area contributed by atoms with Crippen molar-refractivity contribution in [3.8, 4) is 0 Å². The lowest BCUT2D eigenvalue weighted by Gasteiger charge is -1.91. The Morgan fingerprint density at radius 3 is 3.25 bits per heavy atom. The summed E-state index contributed by atoms with van der Waals surface area (Å²) in [6, 6.07) is 4.87. The van der Waals surface area contributed by atoms with Gasteiger partial charge in [0.2, 0.25) is 0 Å². The molecule has 0 aromatic carbocycles. The molecule has 1 rings (SSSR count). The number of hydrogen-bond acceptors (Lipinski definition) is 2. The van der Waals surface area contributed by atoms with E-state index in [-0.39, 0.29) is 0 Å². The van der Waals surface area contributed by atoms with Gasteiger partial charge in [-0.25, -0.2) is 0 Å². The highest BCUT2D eigenvalue weighted by Gasteiger charge is 1.86. The summed E-state index contributed by atoms with van der Waals surface area (Å²) in [6.07, 6.45) is 8.04. The lowest BCUT2D eigenvalue weighted by Crippen LogP contribution is -1.70. The number of pyridine rings is 1. The van der Waals surface area contributed by atoms with Crippen LogP contribution in [0.5, 0.6) is 0 Å².